The molecule has 1 atom stereocenters. The van der Waals surface area contributed by atoms with Crippen LogP contribution in [-0.4, -0.2) is 29.9 Å². The SMILES string of the molecule is C.CCCC(C)(F)CC.CCCN=C(C)/C(C)=C(\C)CC.CCc1cc(C2=NC=CC2)ccc1-c1ccccc1SC. The molecule has 0 saturated heterocycles. The Bertz CT molecular complexity index is 1190. The van der Waals surface area contributed by atoms with Gasteiger partial charge >= 0.3 is 0 Å². The molecule has 0 spiro atoms. The number of aliphatic imine (C=N–C) groups is 2. The molecule has 2 aromatic carbocycles. The van der Waals surface area contributed by atoms with E-state index >= 15 is 0 Å². The van der Waals surface area contributed by atoms with Crippen molar-refractivity contribution in [2.24, 2.45) is 9.98 Å². The molecule has 0 aromatic heterocycles. The van der Waals surface area contributed by atoms with E-state index in [-0.39, 0.29) is 7.43 Å². The predicted octanol–water partition coefficient (Wildman–Crippen LogP) is 12.5. The van der Waals surface area contributed by atoms with E-state index in [1.165, 1.54) is 49.7 Å². The lowest BCUT2D eigenvalue weighted by Crippen LogP contribution is -2.14. The number of hydrogen-bond donors (Lipinski definition) is 0. The van der Waals surface area contributed by atoms with E-state index in [4.69, 9.17) is 0 Å². The van der Waals surface area contributed by atoms with Crippen LogP contribution in [0, 0.1) is 0 Å². The quantitative estimate of drug-likeness (QED) is 0.188. The molecular formula is C38H59FN2S. The highest BCUT2D eigenvalue weighted by molar-refractivity contribution is 7.98. The van der Waals surface area contributed by atoms with Gasteiger partial charge in [-0.1, -0.05) is 90.4 Å². The van der Waals surface area contributed by atoms with Gasteiger partial charge in [-0.25, -0.2) is 4.39 Å². The lowest BCUT2D eigenvalue weighted by molar-refractivity contribution is 0.167. The maximum atomic E-state index is 12.8. The van der Waals surface area contributed by atoms with Crippen molar-refractivity contribution in [3.63, 3.8) is 0 Å². The molecule has 3 rings (SSSR count). The zero-order chi connectivity index (χ0) is 30.8. The number of alkyl halides is 1. The fourth-order valence-electron chi connectivity index (χ4n) is 4.42. The molecule has 0 radical (unpaired) electrons. The van der Waals surface area contributed by atoms with Gasteiger partial charge in [-0.15, -0.1) is 11.8 Å². The van der Waals surface area contributed by atoms with E-state index in [9.17, 15) is 4.39 Å². The number of benzene rings is 2. The number of hydrogen-bond acceptors (Lipinski definition) is 3. The summed E-state index contributed by atoms with van der Waals surface area (Å²) < 4.78 is 12.8. The molecule has 234 valence electrons. The summed E-state index contributed by atoms with van der Waals surface area (Å²) in [6.07, 6.45) is 12.7. The lowest BCUT2D eigenvalue weighted by Gasteiger charge is -2.15. The van der Waals surface area contributed by atoms with Crippen LogP contribution in [0.1, 0.15) is 119 Å². The third kappa shape index (κ3) is 13.2. The zero-order valence-electron chi connectivity index (χ0n) is 27.5. The average Bonchev–Trinajstić information content (AvgIpc) is 3.54. The molecule has 0 saturated carbocycles. The fraction of sp³-hybridized carbons (Fsp3) is 0.526. The van der Waals surface area contributed by atoms with Crippen molar-refractivity contribution in [1.82, 2.24) is 0 Å². The molecule has 4 heteroatoms. The van der Waals surface area contributed by atoms with E-state index in [0.717, 1.165) is 38.6 Å². The first kappa shape index (κ1) is 39.5. The van der Waals surface area contributed by atoms with Crippen LogP contribution in [0.2, 0.25) is 0 Å². The first-order valence-corrected chi connectivity index (χ1v) is 16.7. The molecule has 1 heterocycles. The Morgan fingerprint density at radius 3 is 2.17 bits per heavy atom. The Hall–Kier alpha value is -2.46. The van der Waals surface area contributed by atoms with Gasteiger partial charge in [-0.05, 0) is 106 Å². The predicted molar refractivity (Wildman–Crippen MR) is 192 cm³/mol. The van der Waals surface area contributed by atoms with Crippen molar-refractivity contribution in [1.29, 1.82) is 0 Å². The van der Waals surface area contributed by atoms with Gasteiger partial charge in [0.2, 0.25) is 0 Å². The molecule has 0 fully saturated rings. The van der Waals surface area contributed by atoms with Crippen molar-refractivity contribution in [3.8, 4) is 11.1 Å². The Balaban J connectivity index is 0.000000684. The van der Waals surface area contributed by atoms with Crippen molar-refractivity contribution >= 4 is 23.2 Å². The third-order valence-corrected chi connectivity index (χ3v) is 8.45. The number of rotatable bonds is 11. The molecule has 42 heavy (non-hydrogen) atoms. The zero-order valence-corrected chi connectivity index (χ0v) is 28.4. The van der Waals surface area contributed by atoms with Gasteiger partial charge in [-0.2, -0.15) is 0 Å². The number of thioether (sulfide) groups is 1. The number of allylic oxidation sites excluding steroid dienone is 3. The maximum Gasteiger partial charge on any atom is 0.108 e. The molecule has 0 N–H and O–H groups in total. The fourth-order valence-corrected chi connectivity index (χ4v) is 5.03. The van der Waals surface area contributed by atoms with Crippen molar-refractivity contribution in [3.05, 3.63) is 77.0 Å². The number of aryl methyl sites for hydroxylation is 1. The van der Waals surface area contributed by atoms with Gasteiger partial charge in [0, 0.05) is 29.8 Å². The highest BCUT2D eigenvalue weighted by Crippen LogP contribution is 2.33. The molecule has 1 aliphatic heterocycles. The molecule has 0 amide bonds. The molecule has 0 aliphatic carbocycles. The Morgan fingerprint density at radius 2 is 1.67 bits per heavy atom. The molecule has 1 unspecified atom stereocenters. The maximum absolute atomic E-state index is 12.8. The molecular weight excluding hydrogens is 535 g/mol. The van der Waals surface area contributed by atoms with Gasteiger partial charge in [0.05, 0.1) is 5.71 Å². The van der Waals surface area contributed by atoms with Crippen LogP contribution in [0.4, 0.5) is 4.39 Å². The second-order valence-electron chi connectivity index (χ2n) is 10.8. The van der Waals surface area contributed by atoms with E-state index in [1.54, 1.807) is 18.7 Å². The molecule has 0 bridgehead atoms. The van der Waals surface area contributed by atoms with E-state index < -0.39 is 5.67 Å². The summed E-state index contributed by atoms with van der Waals surface area (Å²) in [5, 5.41) is 0. The van der Waals surface area contributed by atoms with E-state index in [0.29, 0.717) is 12.8 Å². The second kappa shape index (κ2) is 21.3. The Labute approximate surface area is 263 Å². The standard InChI is InChI=1S/C19H19NS.C11H21N.C7H15F.CH4/c1-3-14-13-15(18-8-6-12-20-18)10-11-16(14)17-7-4-5-9-19(17)21-2;1-6-8-12-11(5)10(4)9(3)7-2;1-4-6-7(3,8)5-2;/h4-7,9-13H,3,8H2,1-2H3;6-8H2,1-5H3;4-6H2,1-3H3;1H4/b;10-9+,12-11?;;. The summed E-state index contributed by atoms with van der Waals surface area (Å²) in [7, 11) is 0. The largest absolute Gasteiger partial charge is 0.290 e. The van der Waals surface area contributed by atoms with E-state index in [2.05, 4.69) is 106 Å². The van der Waals surface area contributed by atoms with Gasteiger partial charge in [-0.3, -0.25) is 9.98 Å². The molecule has 2 nitrogen and oxygen atoms in total. The average molecular weight is 595 g/mol. The van der Waals surface area contributed by atoms with Crippen molar-refractivity contribution in [2.75, 3.05) is 12.8 Å². The van der Waals surface area contributed by atoms with Gasteiger partial charge in [0.15, 0.2) is 0 Å². The van der Waals surface area contributed by atoms with Gasteiger partial charge in [0.25, 0.3) is 0 Å². The van der Waals surface area contributed by atoms with Crippen LogP contribution in [-0.2, 0) is 6.42 Å². The minimum Gasteiger partial charge on any atom is -0.290 e. The second-order valence-corrected chi connectivity index (χ2v) is 11.7. The van der Waals surface area contributed by atoms with Crippen molar-refractivity contribution in [2.45, 2.75) is 125 Å². The highest BCUT2D eigenvalue weighted by atomic mass is 32.2. The van der Waals surface area contributed by atoms with Gasteiger partial charge < -0.3 is 0 Å². The molecule has 2 aromatic rings. The number of halogens is 1. The third-order valence-electron chi connectivity index (χ3n) is 7.66. The minimum atomic E-state index is -0.908. The first-order chi connectivity index (χ1) is 19.6. The van der Waals surface area contributed by atoms with Gasteiger partial charge in [0.1, 0.15) is 5.67 Å². The normalized spacial score (nSPS) is 14.4. The molecule has 1 aliphatic rings. The Morgan fingerprint density at radius 1 is 0.976 bits per heavy atom. The topological polar surface area (TPSA) is 24.7 Å². The van der Waals surface area contributed by atoms with Crippen molar-refractivity contribution < 1.29 is 4.39 Å². The van der Waals surface area contributed by atoms with Crippen LogP contribution in [0.25, 0.3) is 11.1 Å². The monoisotopic (exact) mass is 594 g/mol. The van der Waals surface area contributed by atoms with E-state index in [1.807, 2.05) is 20.0 Å². The summed E-state index contributed by atoms with van der Waals surface area (Å²) in [5.74, 6) is 0. The number of nitrogens with zero attached hydrogens (tertiary/aromatic N) is 2. The summed E-state index contributed by atoms with van der Waals surface area (Å²) >= 11 is 1.81. The van der Waals surface area contributed by atoms with Crippen LogP contribution in [0.5, 0.6) is 0 Å². The summed E-state index contributed by atoms with van der Waals surface area (Å²) in [6, 6.07) is 15.4. The lowest BCUT2D eigenvalue weighted by atomic mass is 9.94. The Kier molecular flexibility index (Phi) is 20.0. The minimum absolute atomic E-state index is 0. The highest BCUT2D eigenvalue weighted by Gasteiger charge is 2.17. The summed E-state index contributed by atoms with van der Waals surface area (Å²) in [5.41, 5.74) is 9.61. The van der Waals surface area contributed by atoms with Crippen LogP contribution < -0.4 is 0 Å². The summed E-state index contributed by atoms with van der Waals surface area (Å²) in [6.45, 7) is 19.5. The van der Waals surface area contributed by atoms with Crippen LogP contribution >= 0.6 is 11.8 Å². The summed E-state index contributed by atoms with van der Waals surface area (Å²) in [4.78, 5) is 10.3. The van der Waals surface area contributed by atoms with Crippen LogP contribution in [0.15, 0.2) is 80.8 Å². The van der Waals surface area contributed by atoms with Crippen LogP contribution in [0.3, 0.4) is 0 Å². The smallest absolute Gasteiger partial charge is 0.108 e. The first-order valence-electron chi connectivity index (χ1n) is 15.4.